The van der Waals surface area contributed by atoms with Crippen LogP contribution in [0.4, 0.5) is 8.78 Å². The number of nitrogens with zero attached hydrogens (tertiary/aromatic N) is 3. The van der Waals surface area contributed by atoms with Gasteiger partial charge in [-0.15, -0.1) is 5.10 Å². The van der Waals surface area contributed by atoms with E-state index in [4.69, 9.17) is 0 Å². The maximum Gasteiger partial charge on any atom is 0.257 e. The van der Waals surface area contributed by atoms with E-state index in [-0.39, 0.29) is 6.54 Å². The monoisotopic (exact) mass is 190 g/mol. The molecule has 0 unspecified atom stereocenters. The molecule has 1 rings (SSSR count). The van der Waals surface area contributed by atoms with Crippen LogP contribution in [0.5, 0.6) is 0 Å². The van der Waals surface area contributed by atoms with Crippen molar-refractivity contribution in [3.05, 3.63) is 11.9 Å². The van der Waals surface area contributed by atoms with Gasteiger partial charge in [0.15, 0.2) is 0 Å². The summed E-state index contributed by atoms with van der Waals surface area (Å²) in [5.41, 5.74) is 0.683. The van der Waals surface area contributed by atoms with Crippen LogP contribution < -0.4 is 5.32 Å². The van der Waals surface area contributed by atoms with Gasteiger partial charge in [-0.25, -0.2) is 13.5 Å². The van der Waals surface area contributed by atoms with Gasteiger partial charge in [0.2, 0.25) is 0 Å². The second-order valence-corrected chi connectivity index (χ2v) is 2.60. The molecule has 0 aliphatic heterocycles. The van der Waals surface area contributed by atoms with E-state index in [1.165, 1.54) is 6.20 Å². The average Bonchev–Trinajstić information content (AvgIpc) is 2.48. The van der Waals surface area contributed by atoms with Crippen molar-refractivity contribution < 1.29 is 8.78 Å². The fourth-order valence-corrected chi connectivity index (χ4v) is 0.903. The maximum atomic E-state index is 11.9. The van der Waals surface area contributed by atoms with Gasteiger partial charge in [-0.2, -0.15) is 0 Å². The van der Waals surface area contributed by atoms with Crippen LogP contribution in [0, 0.1) is 0 Å². The molecule has 1 aromatic heterocycles. The third kappa shape index (κ3) is 3.45. The Bertz CT molecular complexity index is 248. The molecule has 0 atom stereocenters. The molecule has 74 valence electrons. The molecule has 0 fully saturated rings. The minimum Gasteiger partial charge on any atom is -0.311 e. The van der Waals surface area contributed by atoms with Crippen molar-refractivity contribution in [3.63, 3.8) is 0 Å². The Balaban J connectivity index is 2.44. The lowest BCUT2D eigenvalue weighted by atomic mass is 10.4. The van der Waals surface area contributed by atoms with E-state index in [0.717, 1.165) is 11.2 Å². The van der Waals surface area contributed by atoms with Crippen LogP contribution in [-0.2, 0) is 13.1 Å². The normalized spacial score (nSPS) is 11.1. The van der Waals surface area contributed by atoms with Crippen molar-refractivity contribution in [3.8, 4) is 0 Å². The van der Waals surface area contributed by atoms with E-state index < -0.39 is 6.43 Å². The Labute approximate surface area is 74.9 Å². The van der Waals surface area contributed by atoms with Crippen LogP contribution >= 0.6 is 0 Å². The molecule has 0 aliphatic carbocycles. The number of aromatic nitrogens is 3. The summed E-state index contributed by atoms with van der Waals surface area (Å²) in [6, 6.07) is 0. The average molecular weight is 190 g/mol. The largest absolute Gasteiger partial charge is 0.311 e. The van der Waals surface area contributed by atoms with Gasteiger partial charge >= 0.3 is 0 Å². The van der Waals surface area contributed by atoms with E-state index in [9.17, 15) is 8.78 Å². The zero-order valence-electron chi connectivity index (χ0n) is 7.37. The Hall–Kier alpha value is -1.04. The fraction of sp³-hybridized carbons (Fsp3) is 0.714. The number of halogens is 2. The van der Waals surface area contributed by atoms with Gasteiger partial charge in [0, 0.05) is 12.7 Å². The van der Waals surface area contributed by atoms with Gasteiger partial charge < -0.3 is 5.32 Å². The Morgan fingerprint density at radius 1 is 1.62 bits per heavy atom. The molecule has 1 N–H and O–H groups in total. The molecular weight excluding hydrogens is 178 g/mol. The number of alkyl halides is 2. The molecule has 0 saturated carbocycles. The Kier molecular flexibility index (Phi) is 3.75. The van der Waals surface area contributed by atoms with E-state index >= 15 is 0 Å². The lowest BCUT2D eigenvalue weighted by Gasteiger charge is -1.96. The highest BCUT2D eigenvalue weighted by molar-refractivity contribution is 4.91. The number of rotatable bonds is 5. The van der Waals surface area contributed by atoms with E-state index in [2.05, 4.69) is 15.6 Å². The second-order valence-electron chi connectivity index (χ2n) is 2.60. The Morgan fingerprint density at radius 2 is 2.38 bits per heavy atom. The maximum absolute atomic E-state index is 11.9. The molecule has 1 aromatic rings. The van der Waals surface area contributed by atoms with Gasteiger partial charge in [-0.05, 0) is 6.54 Å². The molecule has 0 amide bonds. The van der Waals surface area contributed by atoms with Crippen molar-refractivity contribution >= 4 is 0 Å². The molecule has 13 heavy (non-hydrogen) atoms. The summed E-state index contributed by atoms with van der Waals surface area (Å²) in [5.74, 6) is 0. The SMILES string of the molecule is CCNCc1cn(CC(F)F)nn1. The van der Waals surface area contributed by atoms with Crippen LogP contribution in [0.25, 0.3) is 0 Å². The summed E-state index contributed by atoms with van der Waals surface area (Å²) in [4.78, 5) is 0. The summed E-state index contributed by atoms with van der Waals surface area (Å²) < 4.78 is 24.9. The topological polar surface area (TPSA) is 42.7 Å². The van der Waals surface area contributed by atoms with Crippen LogP contribution in [0.15, 0.2) is 6.20 Å². The van der Waals surface area contributed by atoms with E-state index in [1.807, 2.05) is 6.92 Å². The second kappa shape index (κ2) is 4.86. The first-order valence-corrected chi connectivity index (χ1v) is 4.10. The molecule has 0 aromatic carbocycles. The molecule has 0 aliphatic rings. The third-order valence-electron chi connectivity index (χ3n) is 1.47. The summed E-state index contributed by atoms with van der Waals surface area (Å²) in [7, 11) is 0. The van der Waals surface area contributed by atoms with Gasteiger partial charge in [0.25, 0.3) is 6.43 Å². The molecular formula is C7H12F2N4. The summed E-state index contributed by atoms with van der Waals surface area (Å²) in [5, 5.41) is 10.3. The lowest BCUT2D eigenvalue weighted by molar-refractivity contribution is 0.121. The fourth-order valence-electron chi connectivity index (χ4n) is 0.903. The quantitative estimate of drug-likeness (QED) is 0.741. The van der Waals surface area contributed by atoms with Crippen LogP contribution in [0.2, 0.25) is 0 Å². The van der Waals surface area contributed by atoms with Crippen molar-refractivity contribution in [1.82, 2.24) is 20.3 Å². The highest BCUT2D eigenvalue weighted by atomic mass is 19.3. The summed E-state index contributed by atoms with van der Waals surface area (Å²) in [6.07, 6.45) is -0.858. The van der Waals surface area contributed by atoms with Gasteiger partial charge in [0.1, 0.15) is 6.54 Å². The van der Waals surface area contributed by atoms with Crippen LogP contribution in [0.3, 0.4) is 0 Å². The minimum absolute atomic E-state index is 0.390. The first-order chi connectivity index (χ1) is 6.22. The van der Waals surface area contributed by atoms with Crippen molar-refractivity contribution in [1.29, 1.82) is 0 Å². The molecule has 0 spiro atoms. The lowest BCUT2D eigenvalue weighted by Crippen LogP contribution is -2.12. The zero-order chi connectivity index (χ0) is 9.68. The molecule has 0 bridgehead atoms. The van der Waals surface area contributed by atoms with Crippen molar-refractivity contribution in [2.45, 2.75) is 26.4 Å². The number of hydrogen-bond acceptors (Lipinski definition) is 3. The Morgan fingerprint density at radius 3 is 3.00 bits per heavy atom. The van der Waals surface area contributed by atoms with Gasteiger partial charge in [-0.1, -0.05) is 12.1 Å². The summed E-state index contributed by atoms with van der Waals surface area (Å²) in [6.45, 7) is 2.96. The molecule has 4 nitrogen and oxygen atoms in total. The number of nitrogens with one attached hydrogen (secondary N) is 1. The standard InChI is InChI=1S/C7H12F2N4/c1-2-10-3-6-4-13(12-11-6)5-7(8)9/h4,7,10H,2-3,5H2,1H3. The molecule has 0 radical (unpaired) electrons. The first kappa shape index (κ1) is 10.0. The molecule has 6 heteroatoms. The summed E-state index contributed by atoms with van der Waals surface area (Å²) >= 11 is 0. The first-order valence-electron chi connectivity index (χ1n) is 4.10. The highest BCUT2D eigenvalue weighted by Crippen LogP contribution is 1.98. The van der Waals surface area contributed by atoms with E-state index in [0.29, 0.717) is 12.2 Å². The zero-order valence-corrected chi connectivity index (χ0v) is 7.37. The minimum atomic E-state index is -2.38. The smallest absolute Gasteiger partial charge is 0.257 e. The van der Waals surface area contributed by atoms with Crippen molar-refractivity contribution in [2.24, 2.45) is 0 Å². The van der Waals surface area contributed by atoms with Gasteiger partial charge in [0.05, 0.1) is 5.69 Å². The van der Waals surface area contributed by atoms with Gasteiger partial charge in [-0.3, -0.25) is 0 Å². The predicted molar refractivity (Wildman–Crippen MR) is 43.4 cm³/mol. The van der Waals surface area contributed by atoms with Crippen LogP contribution in [-0.4, -0.2) is 28.0 Å². The molecule has 1 heterocycles. The molecule has 0 saturated heterocycles. The highest BCUT2D eigenvalue weighted by Gasteiger charge is 2.05. The van der Waals surface area contributed by atoms with Crippen molar-refractivity contribution in [2.75, 3.05) is 6.54 Å². The third-order valence-corrected chi connectivity index (χ3v) is 1.47. The van der Waals surface area contributed by atoms with Crippen LogP contribution in [0.1, 0.15) is 12.6 Å². The van der Waals surface area contributed by atoms with E-state index in [1.54, 1.807) is 0 Å². The number of hydrogen-bond donors (Lipinski definition) is 1. The predicted octanol–water partition coefficient (Wildman–Crippen LogP) is 0.653.